The van der Waals surface area contributed by atoms with Crippen LogP contribution in [-0.2, 0) is 0 Å². The Labute approximate surface area is 175 Å². The molecule has 4 aromatic heterocycles. The summed E-state index contributed by atoms with van der Waals surface area (Å²) in [7, 11) is 0. The van der Waals surface area contributed by atoms with Crippen molar-refractivity contribution in [2.45, 2.75) is 37.5 Å². The van der Waals surface area contributed by atoms with Gasteiger partial charge in [-0.2, -0.15) is 9.47 Å². The number of pyridine rings is 1. The van der Waals surface area contributed by atoms with E-state index in [9.17, 15) is 0 Å². The van der Waals surface area contributed by atoms with Crippen LogP contribution in [0.1, 0.15) is 48.8 Å². The van der Waals surface area contributed by atoms with Crippen molar-refractivity contribution in [1.82, 2.24) is 24.5 Å². The van der Waals surface area contributed by atoms with Crippen LogP contribution < -0.4 is 10.1 Å². The average molecular weight is 425 g/mol. The molecule has 0 atom stereocenters. The van der Waals surface area contributed by atoms with Crippen LogP contribution in [0.2, 0.25) is 0 Å². The van der Waals surface area contributed by atoms with Crippen molar-refractivity contribution in [3.8, 4) is 5.88 Å². The van der Waals surface area contributed by atoms with E-state index >= 15 is 0 Å². The van der Waals surface area contributed by atoms with Crippen molar-refractivity contribution in [2.75, 3.05) is 11.9 Å². The van der Waals surface area contributed by atoms with Gasteiger partial charge in [0.15, 0.2) is 11.6 Å². The molecule has 2 saturated carbocycles. The number of nitrogens with one attached hydrogen (secondary N) is 2. The van der Waals surface area contributed by atoms with Crippen molar-refractivity contribution in [2.24, 2.45) is 5.92 Å². The number of hydrogen-bond donors (Lipinski definition) is 2. The van der Waals surface area contributed by atoms with Gasteiger partial charge in [0, 0.05) is 34.8 Å². The summed E-state index contributed by atoms with van der Waals surface area (Å²) in [6.45, 7) is 0.760. The molecule has 2 fully saturated rings. The largest absolute Gasteiger partial charge is 0.477 e. The quantitative estimate of drug-likeness (QED) is 0.431. The highest BCUT2D eigenvalue weighted by Crippen LogP contribution is 2.46. The molecule has 0 bridgehead atoms. The number of ether oxygens (including phenoxy) is 1. The maximum absolute atomic E-state index is 6.03. The van der Waals surface area contributed by atoms with Crippen LogP contribution in [-0.4, -0.2) is 31.1 Å². The summed E-state index contributed by atoms with van der Waals surface area (Å²) >= 11 is 3.09. The molecule has 148 valence electrons. The predicted molar refractivity (Wildman–Crippen MR) is 114 cm³/mol. The molecular weight excluding hydrogens is 404 g/mol. The van der Waals surface area contributed by atoms with Gasteiger partial charge in [-0.1, -0.05) is 0 Å². The summed E-state index contributed by atoms with van der Waals surface area (Å²) in [5.41, 5.74) is 5.28. The zero-order chi connectivity index (χ0) is 19.2. The van der Waals surface area contributed by atoms with Crippen molar-refractivity contribution in [3.05, 3.63) is 40.5 Å². The highest BCUT2D eigenvalue weighted by atomic mass is 32.1. The van der Waals surface area contributed by atoms with Gasteiger partial charge in [0.1, 0.15) is 0 Å². The molecule has 0 saturated heterocycles. The summed E-state index contributed by atoms with van der Waals surface area (Å²) in [6, 6.07) is 4.01. The second-order valence-corrected chi connectivity index (χ2v) is 9.37. The van der Waals surface area contributed by atoms with E-state index in [1.807, 2.05) is 11.6 Å². The molecule has 0 aliphatic heterocycles. The molecular formula is C20H20N6OS2. The Morgan fingerprint density at radius 2 is 2.14 bits per heavy atom. The normalized spacial score (nSPS) is 21.2. The average Bonchev–Trinajstić information content (AvgIpc) is 3.10. The summed E-state index contributed by atoms with van der Waals surface area (Å²) in [4.78, 5) is 8.77. The molecule has 0 unspecified atom stereocenters. The summed E-state index contributed by atoms with van der Waals surface area (Å²) < 4.78 is 11.5. The molecule has 2 aliphatic rings. The number of fused-ring (bicyclic) bond motifs is 1. The van der Waals surface area contributed by atoms with E-state index in [0.717, 1.165) is 47.2 Å². The third kappa shape index (κ3) is 3.38. The number of thiazole rings is 1. The smallest absolute Gasteiger partial charge is 0.228 e. The lowest BCUT2D eigenvalue weighted by Crippen LogP contribution is -2.27. The molecule has 2 N–H and O–H groups in total. The molecule has 7 nitrogen and oxygen atoms in total. The Kier molecular flexibility index (Phi) is 4.23. The van der Waals surface area contributed by atoms with Crippen LogP contribution in [0, 0.1) is 5.92 Å². The van der Waals surface area contributed by atoms with Gasteiger partial charge in [-0.15, -0.1) is 11.3 Å². The van der Waals surface area contributed by atoms with Gasteiger partial charge in [-0.25, -0.2) is 9.97 Å². The summed E-state index contributed by atoms with van der Waals surface area (Å²) in [5, 5.41) is 13.1. The number of H-pyrrole nitrogens is 1. The standard InChI is InChI=1S/C20H20N6OS2/c1-2-12(1)14-9-29-26-20(14)27-8-11-5-13(6-11)16-7-17(25-24-16)23-19-18-15(3-4-21-19)22-10-28-18/h3-4,7,9-13H,1-2,5-6,8H2,(H2,21,23,24,25). The Morgan fingerprint density at radius 1 is 1.21 bits per heavy atom. The van der Waals surface area contributed by atoms with E-state index in [2.05, 4.69) is 41.3 Å². The van der Waals surface area contributed by atoms with E-state index in [0.29, 0.717) is 17.8 Å². The van der Waals surface area contributed by atoms with Gasteiger partial charge in [0.25, 0.3) is 0 Å². The van der Waals surface area contributed by atoms with Gasteiger partial charge in [-0.3, -0.25) is 5.10 Å². The first-order chi connectivity index (χ1) is 14.3. The summed E-state index contributed by atoms with van der Waals surface area (Å²) in [5.74, 6) is 4.26. The van der Waals surface area contributed by atoms with Crippen LogP contribution in [0.4, 0.5) is 11.6 Å². The number of aromatic nitrogens is 5. The van der Waals surface area contributed by atoms with Crippen molar-refractivity contribution < 1.29 is 4.74 Å². The highest BCUT2D eigenvalue weighted by Gasteiger charge is 2.33. The maximum atomic E-state index is 6.03. The molecule has 4 heterocycles. The van der Waals surface area contributed by atoms with Crippen molar-refractivity contribution in [1.29, 1.82) is 0 Å². The molecule has 0 aromatic carbocycles. The predicted octanol–water partition coefficient (Wildman–Crippen LogP) is 5.06. The van der Waals surface area contributed by atoms with Gasteiger partial charge in [0.05, 0.1) is 22.3 Å². The van der Waals surface area contributed by atoms with Crippen molar-refractivity contribution in [3.63, 3.8) is 0 Å². The second-order valence-electron chi connectivity index (χ2n) is 7.89. The van der Waals surface area contributed by atoms with Gasteiger partial charge in [0.2, 0.25) is 5.88 Å². The number of anilines is 2. The van der Waals surface area contributed by atoms with Crippen LogP contribution in [0.3, 0.4) is 0 Å². The van der Waals surface area contributed by atoms with E-state index in [1.165, 1.54) is 35.6 Å². The number of nitrogens with zero attached hydrogens (tertiary/aromatic N) is 4. The van der Waals surface area contributed by atoms with E-state index < -0.39 is 0 Å². The second kappa shape index (κ2) is 7.07. The first-order valence-corrected chi connectivity index (χ1v) is 11.6. The lowest BCUT2D eigenvalue weighted by atomic mass is 9.74. The highest BCUT2D eigenvalue weighted by molar-refractivity contribution is 7.17. The molecule has 2 aliphatic carbocycles. The minimum atomic E-state index is 0.511. The minimum Gasteiger partial charge on any atom is -0.477 e. The van der Waals surface area contributed by atoms with Crippen LogP contribution >= 0.6 is 22.9 Å². The first-order valence-electron chi connectivity index (χ1n) is 9.91. The van der Waals surface area contributed by atoms with Gasteiger partial charge >= 0.3 is 0 Å². The molecule has 0 amide bonds. The monoisotopic (exact) mass is 424 g/mol. The fourth-order valence-corrected chi connectivity index (χ4v) is 5.39. The topological polar surface area (TPSA) is 88.6 Å². The van der Waals surface area contributed by atoms with E-state index in [-0.39, 0.29) is 0 Å². The Hall–Kier alpha value is -2.52. The number of rotatable bonds is 7. The molecule has 9 heteroatoms. The van der Waals surface area contributed by atoms with Gasteiger partial charge < -0.3 is 10.1 Å². The van der Waals surface area contributed by atoms with Crippen LogP contribution in [0.5, 0.6) is 5.88 Å². The van der Waals surface area contributed by atoms with Crippen molar-refractivity contribution >= 4 is 44.7 Å². The lowest BCUT2D eigenvalue weighted by Gasteiger charge is -2.34. The third-order valence-corrected chi connectivity index (χ3v) is 7.28. The zero-order valence-electron chi connectivity index (χ0n) is 15.7. The molecule has 6 rings (SSSR count). The Bertz CT molecular complexity index is 1140. The Balaban J connectivity index is 1.05. The minimum absolute atomic E-state index is 0.511. The van der Waals surface area contributed by atoms with E-state index in [1.54, 1.807) is 17.5 Å². The molecule has 0 spiro atoms. The first kappa shape index (κ1) is 17.3. The maximum Gasteiger partial charge on any atom is 0.228 e. The third-order valence-electron chi connectivity index (χ3n) is 5.80. The zero-order valence-corrected chi connectivity index (χ0v) is 17.3. The van der Waals surface area contributed by atoms with Gasteiger partial charge in [-0.05, 0) is 55.1 Å². The summed E-state index contributed by atoms with van der Waals surface area (Å²) in [6.07, 6.45) is 6.57. The number of aromatic amines is 1. The molecule has 29 heavy (non-hydrogen) atoms. The molecule has 4 aromatic rings. The van der Waals surface area contributed by atoms with Crippen LogP contribution in [0.25, 0.3) is 10.2 Å². The number of hydrogen-bond acceptors (Lipinski definition) is 8. The SMILES string of the molecule is c1cc2ncsc2c(Nc2cc(C3CC(COc4nscc4C4CC4)C3)[nH]n2)n1. The molecule has 0 radical (unpaired) electrons. The fourth-order valence-electron chi connectivity index (χ4n) is 3.94. The lowest BCUT2D eigenvalue weighted by molar-refractivity contribution is 0.152. The van der Waals surface area contributed by atoms with E-state index in [4.69, 9.17) is 4.74 Å². The Morgan fingerprint density at radius 3 is 3.03 bits per heavy atom. The fraction of sp³-hybridized carbons (Fsp3) is 0.400. The van der Waals surface area contributed by atoms with Crippen LogP contribution in [0.15, 0.2) is 29.2 Å².